The molecule has 1 saturated heterocycles. The molecule has 2 rings (SSSR count). The molecule has 2 heterocycles. The number of hydrogen-bond donors (Lipinski definition) is 1. The van der Waals surface area contributed by atoms with Gasteiger partial charge in [-0.2, -0.15) is 0 Å². The zero-order valence-corrected chi connectivity index (χ0v) is 10.3. The molecule has 0 radical (unpaired) electrons. The molecule has 0 spiro atoms. The van der Waals surface area contributed by atoms with E-state index in [4.69, 9.17) is 10.5 Å². The number of nitrogens with two attached hydrogens (primary N) is 1. The van der Waals surface area contributed by atoms with E-state index in [1.807, 2.05) is 30.1 Å². The van der Waals surface area contributed by atoms with E-state index in [0.29, 0.717) is 6.54 Å². The fourth-order valence-electron chi connectivity index (χ4n) is 2.51. The lowest BCUT2D eigenvalue weighted by Crippen LogP contribution is -2.44. The lowest BCUT2D eigenvalue weighted by Gasteiger charge is -2.29. The number of nitrogens with zero attached hydrogens (tertiary/aromatic N) is 2. The molecule has 1 fully saturated rings. The molecule has 5 heteroatoms. The van der Waals surface area contributed by atoms with Crippen molar-refractivity contribution in [1.82, 2.24) is 4.57 Å². The standard InChI is InChI=1S/C12H19N3O2/c1-14-6-5-10(8-14)15-9(7-13)3-4-11(15)12(16)17-2/h5-6,8-9,11H,3-4,7,13H2,1-2H3/t9-,11+/m0/s1. The molecule has 0 aromatic carbocycles. The van der Waals surface area contributed by atoms with E-state index >= 15 is 0 Å². The highest BCUT2D eigenvalue weighted by Gasteiger charge is 2.38. The van der Waals surface area contributed by atoms with Crippen molar-refractivity contribution in [3.05, 3.63) is 18.5 Å². The second-order valence-corrected chi connectivity index (χ2v) is 4.45. The highest BCUT2D eigenvalue weighted by Crippen LogP contribution is 2.30. The third kappa shape index (κ3) is 2.15. The molecular formula is C12H19N3O2. The van der Waals surface area contributed by atoms with Crippen molar-refractivity contribution >= 4 is 11.7 Å². The number of aromatic nitrogens is 1. The Morgan fingerprint density at radius 2 is 2.35 bits per heavy atom. The minimum Gasteiger partial charge on any atom is -0.467 e. The summed E-state index contributed by atoms with van der Waals surface area (Å²) in [6, 6.07) is 2.03. The average Bonchev–Trinajstić information content (AvgIpc) is 2.93. The predicted octanol–water partition coefficient (Wildman–Crippen LogP) is 0.494. The summed E-state index contributed by atoms with van der Waals surface area (Å²) in [5, 5.41) is 0. The van der Waals surface area contributed by atoms with Gasteiger partial charge in [-0.05, 0) is 18.9 Å². The van der Waals surface area contributed by atoms with Crippen LogP contribution >= 0.6 is 0 Å². The highest BCUT2D eigenvalue weighted by molar-refractivity contribution is 5.81. The molecule has 0 aliphatic carbocycles. The van der Waals surface area contributed by atoms with Gasteiger partial charge in [0.15, 0.2) is 0 Å². The molecule has 0 saturated carbocycles. The van der Waals surface area contributed by atoms with E-state index < -0.39 is 0 Å². The Morgan fingerprint density at radius 3 is 2.88 bits per heavy atom. The zero-order valence-electron chi connectivity index (χ0n) is 10.3. The van der Waals surface area contributed by atoms with Crippen LogP contribution in [0.4, 0.5) is 5.69 Å². The van der Waals surface area contributed by atoms with Gasteiger partial charge in [0.1, 0.15) is 6.04 Å². The van der Waals surface area contributed by atoms with E-state index in [1.54, 1.807) is 0 Å². The molecule has 2 N–H and O–H groups in total. The molecule has 0 amide bonds. The van der Waals surface area contributed by atoms with Crippen molar-refractivity contribution in [2.24, 2.45) is 12.8 Å². The Hall–Kier alpha value is -1.49. The maximum absolute atomic E-state index is 11.8. The fraction of sp³-hybridized carbons (Fsp3) is 0.583. The Bertz CT molecular complexity index is 402. The van der Waals surface area contributed by atoms with E-state index in [2.05, 4.69) is 4.90 Å². The molecule has 1 aromatic heterocycles. The van der Waals surface area contributed by atoms with Gasteiger partial charge >= 0.3 is 5.97 Å². The summed E-state index contributed by atoms with van der Waals surface area (Å²) in [7, 11) is 3.39. The van der Waals surface area contributed by atoms with Gasteiger partial charge in [0.05, 0.1) is 12.8 Å². The first-order chi connectivity index (χ1) is 8.17. The van der Waals surface area contributed by atoms with Gasteiger partial charge in [-0.3, -0.25) is 0 Å². The van der Waals surface area contributed by atoms with Gasteiger partial charge in [0, 0.05) is 32.0 Å². The van der Waals surface area contributed by atoms with Crippen molar-refractivity contribution < 1.29 is 9.53 Å². The Balaban J connectivity index is 2.27. The summed E-state index contributed by atoms with van der Waals surface area (Å²) < 4.78 is 6.83. The quantitative estimate of drug-likeness (QED) is 0.777. The van der Waals surface area contributed by atoms with Gasteiger partial charge in [-0.15, -0.1) is 0 Å². The minimum atomic E-state index is -0.198. The van der Waals surface area contributed by atoms with Crippen LogP contribution in [0.2, 0.25) is 0 Å². The summed E-state index contributed by atoms with van der Waals surface area (Å²) in [5.74, 6) is -0.176. The molecule has 2 atom stereocenters. The molecule has 1 aliphatic heterocycles. The van der Waals surface area contributed by atoms with Crippen molar-refractivity contribution in [3.63, 3.8) is 0 Å². The second-order valence-electron chi connectivity index (χ2n) is 4.45. The number of rotatable bonds is 3. The minimum absolute atomic E-state index is 0.176. The van der Waals surface area contributed by atoms with Gasteiger partial charge in [0.2, 0.25) is 0 Å². The number of anilines is 1. The highest BCUT2D eigenvalue weighted by atomic mass is 16.5. The van der Waals surface area contributed by atoms with Crippen molar-refractivity contribution in [2.75, 3.05) is 18.6 Å². The van der Waals surface area contributed by atoms with Gasteiger partial charge < -0.3 is 19.9 Å². The van der Waals surface area contributed by atoms with Gasteiger partial charge in [0.25, 0.3) is 0 Å². The Labute approximate surface area is 101 Å². The van der Waals surface area contributed by atoms with Gasteiger partial charge in [-0.1, -0.05) is 0 Å². The summed E-state index contributed by atoms with van der Waals surface area (Å²) in [6.07, 6.45) is 5.72. The van der Waals surface area contributed by atoms with Crippen LogP contribution in [-0.4, -0.2) is 36.3 Å². The topological polar surface area (TPSA) is 60.5 Å². The van der Waals surface area contributed by atoms with E-state index in [0.717, 1.165) is 18.5 Å². The van der Waals surface area contributed by atoms with Crippen molar-refractivity contribution in [3.8, 4) is 0 Å². The van der Waals surface area contributed by atoms with E-state index in [9.17, 15) is 4.79 Å². The fourth-order valence-corrected chi connectivity index (χ4v) is 2.51. The number of esters is 1. The van der Waals surface area contributed by atoms with Crippen LogP contribution in [0, 0.1) is 0 Å². The van der Waals surface area contributed by atoms with Gasteiger partial charge in [-0.25, -0.2) is 4.79 Å². The maximum Gasteiger partial charge on any atom is 0.328 e. The molecule has 94 valence electrons. The molecule has 0 bridgehead atoms. The lowest BCUT2D eigenvalue weighted by molar-refractivity contribution is -0.142. The van der Waals surface area contributed by atoms with Crippen LogP contribution in [0.1, 0.15) is 12.8 Å². The SMILES string of the molecule is COC(=O)[C@H]1CC[C@@H](CN)N1c1ccn(C)c1. The normalized spacial score (nSPS) is 24.1. The van der Waals surface area contributed by atoms with Crippen LogP contribution < -0.4 is 10.6 Å². The van der Waals surface area contributed by atoms with Crippen LogP contribution in [-0.2, 0) is 16.6 Å². The summed E-state index contributed by atoms with van der Waals surface area (Å²) >= 11 is 0. The number of carbonyl (C=O) groups is 1. The molecule has 17 heavy (non-hydrogen) atoms. The number of hydrogen-bond acceptors (Lipinski definition) is 4. The number of ether oxygens (including phenoxy) is 1. The first-order valence-electron chi connectivity index (χ1n) is 5.85. The third-order valence-electron chi connectivity index (χ3n) is 3.36. The molecular weight excluding hydrogens is 218 g/mol. The number of aryl methyl sites for hydroxylation is 1. The van der Waals surface area contributed by atoms with Crippen molar-refractivity contribution in [2.45, 2.75) is 24.9 Å². The maximum atomic E-state index is 11.8. The monoisotopic (exact) mass is 237 g/mol. The Morgan fingerprint density at radius 1 is 1.59 bits per heavy atom. The van der Waals surface area contributed by atoms with Crippen LogP contribution in [0.25, 0.3) is 0 Å². The summed E-state index contributed by atoms with van der Waals surface area (Å²) in [5.41, 5.74) is 6.81. The summed E-state index contributed by atoms with van der Waals surface area (Å²) in [6.45, 7) is 0.558. The lowest BCUT2D eigenvalue weighted by atomic mass is 10.2. The van der Waals surface area contributed by atoms with Crippen LogP contribution in [0.5, 0.6) is 0 Å². The molecule has 0 unspecified atom stereocenters. The second kappa shape index (κ2) is 4.79. The summed E-state index contributed by atoms with van der Waals surface area (Å²) in [4.78, 5) is 13.8. The average molecular weight is 237 g/mol. The zero-order chi connectivity index (χ0) is 12.4. The number of methoxy groups -OCH3 is 1. The first-order valence-corrected chi connectivity index (χ1v) is 5.85. The molecule has 5 nitrogen and oxygen atoms in total. The van der Waals surface area contributed by atoms with Crippen LogP contribution in [0.15, 0.2) is 18.5 Å². The molecule has 1 aliphatic rings. The largest absolute Gasteiger partial charge is 0.467 e. The Kier molecular flexibility index (Phi) is 3.38. The third-order valence-corrected chi connectivity index (χ3v) is 3.36. The van der Waals surface area contributed by atoms with Crippen molar-refractivity contribution in [1.29, 1.82) is 0 Å². The molecule has 1 aromatic rings. The van der Waals surface area contributed by atoms with E-state index in [1.165, 1.54) is 7.11 Å². The number of carbonyl (C=O) groups excluding carboxylic acids is 1. The van der Waals surface area contributed by atoms with Crippen LogP contribution in [0.3, 0.4) is 0 Å². The van der Waals surface area contributed by atoms with E-state index in [-0.39, 0.29) is 18.1 Å². The first kappa shape index (κ1) is 12.0. The predicted molar refractivity (Wildman–Crippen MR) is 65.8 cm³/mol. The smallest absolute Gasteiger partial charge is 0.328 e.